The largest absolute Gasteiger partial charge is 0.478 e. The summed E-state index contributed by atoms with van der Waals surface area (Å²) in [6.07, 6.45) is -1.65. The maximum Gasteiger partial charge on any atom is 0.433 e. The summed E-state index contributed by atoms with van der Waals surface area (Å²) in [6.45, 7) is -1.36. The van der Waals surface area contributed by atoms with Crippen molar-refractivity contribution >= 4 is 11.7 Å². The smallest absolute Gasteiger partial charge is 0.433 e. The number of aliphatic imine (C=N–C) groups is 1. The van der Waals surface area contributed by atoms with Crippen LogP contribution in [-0.2, 0) is 4.79 Å². The van der Waals surface area contributed by atoms with Gasteiger partial charge in [-0.05, 0) is 24.6 Å². The molecule has 1 saturated heterocycles. The van der Waals surface area contributed by atoms with Gasteiger partial charge in [0.25, 0.3) is 5.92 Å². The van der Waals surface area contributed by atoms with E-state index in [4.69, 9.17) is 5.11 Å². The van der Waals surface area contributed by atoms with Gasteiger partial charge < -0.3 is 10.0 Å². The fourth-order valence-electron chi connectivity index (χ4n) is 2.79. The highest BCUT2D eigenvalue weighted by atomic mass is 19.4. The lowest BCUT2D eigenvalue weighted by Crippen LogP contribution is -2.56. The summed E-state index contributed by atoms with van der Waals surface area (Å²) in [4.78, 5) is 15.7. The molecule has 2 aliphatic heterocycles. The van der Waals surface area contributed by atoms with E-state index in [1.54, 1.807) is 0 Å². The molecule has 1 aliphatic carbocycles. The van der Waals surface area contributed by atoms with Gasteiger partial charge in [-0.2, -0.15) is 13.2 Å². The summed E-state index contributed by atoms with van der Waals surface area (Å²) < 4.78 is 64.9. The zero-order valence-corrected chi connectivity index (χ0v) is 11.6. The number of rotatable bonds is 2. The van der Waals surface area contributed by atoms with E-state index in [0.29, 0.717) is 0 Å². The lowest BCUT2D eigenvalue weighted by Gasteiger charge is -2.45. The molecule has 0 aromatic heterocycles. The average molecular weight is 334 g/mol. The number of carboxylic acid groups (broad SMARTS) is 1. The van der Waals surface area contributed by atoms with Crippen LogP contribution < -0.4 is 0 Å². The number of halogens is 5. The summed E-state index contributed by atoms with van der Waals surface area (Å²) in [5.74, 6) is -4.90. The Morgan fingerprint density at radius 3 is 2.48 bits per heavy atom. The number of aliphatic carboxylic acids is 1. The minimum absolute atomic E-state index is 0.00240. The summed E-state index contributed by atoms with van der Waals surface area (Å²) in [5, 5.41) is 9.02. The highest BCUT2D eigenvalue weighted by Crippen LogP contribution is 2.42. The second-order valence-electron chi connectivity index (χ2n) is 5.62. The predicted molar refractivity (Wildman–Crippen MR) is 70.0 cm³/mol. The minimum Gasteiger partial charge on any atom is -0.478 e. The number of nitrogens with zero attached hydrogens (tertiary/aromatic N) is 2. The number of fused-ring (bicyclic) bond motifs is 1. The van der Waals surface area contributed by atoms with Gasteiger partial charge in [-0.15, -0.1) is 0 Å². The first kappa shape index (κ1) is 15.7. The van der Waals surface area contributed by atoms with Crippen molar-refractivity contribution in [2.45, 2.75) is 18.5 Å². The minimum atomic E-state index is -4.71. The van der Waals surface area contributed by atoms with Gasteiger partial charge in [-0.25, -0.2) is 18.6 Å². The van der Waals surface area contributed by atoms with Crippen LogP contribution in [0.4, 0.5) is 22.0 Å². The first-order chi connectivity index (χ1) is 10.6. The number of carboxylic acids is 1. The number of likely N-dealkylation sites (tertiary alicyclic amines) is 1. The van der Waals surface area contributed by atoms with Gasteiger partial charge in [0.2, 0.25) is 0 Å². The van der Waals surface area contributed by atoms with Crippen LogP contribution in [0.2, 0.25) is 0 Å². The van der Waals surface area contributed by atoms with Crippen LogP contribution >= 0.6 is 0 Å². The van der Waals surface area contributed by atoms with E-state index in [1.807, 2.05) is 0 Å². The van der Waals surface area contributed by atoms with E-state index in [-0.39, 0.29) is 23.4 Å². The topological polar surface area (TPSA) is 52.9 Å². The Morgan fingerprint density at radius 2 is 1.96 bits per heavy atom. The Labute approximate surface area is 127 Å². The Morgan fingerprint density at radius 1 is 1.30 bits per heavy atom. The highest BCUT2D eigenvalue weighted by Gasteiger charge is 2.48. The third kappa shape index (κ3) is 2.87. The molecule has 4 nitrogen and oxygen atoms in total. The maximum absolute atomic E-state index is 13.1. The van der Waals surface area contributed by atoms with Crippen LogP contribution in [0.25, 0.3) is 0 Å². The molecule has 2 heterocycles. The molecular formula is C14H11F5N2O2. The standard InChI is InChI=1S/C14H11F5N2O2/c15-13(16)5-21(6-13)10-4-11(14(17,18)19)20-9-2-1-7(12(22)23)3-8(9)10/h1-2,4,8H,3,5-6H2,(H,22,23). The van der Waals surface area contributed by atoms with Crippen LogP contribution in [0.5, 0.6) is 0 Å². The summed E-state index contributed by atoms with van der Waals surface area (Å²) >= 11 is 0. The molecule has 0 aromatic rings. The van der Waals surface area contributed by atoms with Crippen molar-refractivity contribution in [3.05, 3.63) is 35.2 Å². The van der Waals surface area contributed by atoms with Gasteiger partial charge in [0.1, 0.15) is 5.71 Å². The molecule has 0 saturated carbocycles. The molecule has 1 N–H and O–H groups in total. The first-order valence-corrected chi connectivity index (χ1v) is 6.71. The predicted octanol–water partition coefficient (Wildman–Crippen LogP) is 2.75. The molecule has 1 fully saturated rings. The number of carbonyl (C=O) groups is 1. The second kappa shape index (κ2) is 4.90. The van der Waals surface area contributed by atoms with Crippen LogP contribution in [0.1, 0.15) is 6.42 Å². The molecule has 1 unspecified atom stereocenters. The molecule has 0 spiro atoms. The Kier molecular flexibility index (Phi) is 3.35. The first-order valence-electron chi connectivity index (χ1n) is 6.71. The van der Waals surface area contributed by atoms with Crippen molar-refractivity contribution in [2.75, 3.05) is 13.1 Å². The highest BCUT2D eigenvalue weighted by molar-refractivity contribution is 6.02. The molecule has 1 atom stereocenters. The van der Waals surface area contributed by atoms with E-state index < -0.39 is 42.8 Å². The third-order valence-corrected chi connectivity index (χ3v) is 3.90. The third-order valence-electron chi connectivity index (χ3n) is 3.90. The number of alkyl halides is 5. The number of hydrogen-bond acceptors (Lipinski definition) is 3. The fraction of sp³-hybridized carbons (Fsp3) is 0.429. The molecule has 0 amide bonds. The molecule has 124 valence electrons. The number of hydrogen-bond donors (Lipinski definition) is 1. The van der Waals surface area contributed by atoms with Crippen molar-refractivity contribution in [1.82, 2.24) is 4.90 Å². The molecule has 23 heavy (non-hydrogen) atoms. The molecule has 3 aliphatic rings. The van der Waals surface area contributed by atoms with Crippen molar-refractivity contribution in [1.29, 1.82) is 0 Å². The van der Waals surface area contributed by atoms with Gasteiger partial charge in [-0.1, -0.05) is 0 Å². The molecule has 0 aromatic carbocycles. The number of allylic oxidation sites excluding steroid dienone is 3. The van der Waals surface area contributed by atoms with Crippen molar-refractivity contribution in [3.8, 4) is 0 Å². The second-order valence-corrected chi connectivity index (χ2v) is 5.62. The Hall–Kier alpha value is -2.19. The lowest BCUT2D eigenvalue weighted by molar-refractivity contribution is -0.133. The van der Waals surface area contributed by atoms with Gasteiger partial charge in [0.15, 0.2) is 0 Å². The number of dihydropyridines is 1. The quantitative estimate of drug-likeness (QED) is 0.790. The molecule has 0 radical (unpaired) electrons. The molecular weight excluding hydrogens is 323 g/mol. The maximum atomic E-state index is 13.1. The van der Waals surface area contributed by atoms with E-state index in [0.717, 1.165) is 11.0 Å². The van der Waals surface area contributed by atoms with Gasteiger partial charge >= 0.3 is 12.1 Å². The Bertz CT molecular complexity index is 680. The zero-order chi connectivity index (χ0) is 17.0. The van der Waals surface area contributed by atoms with Gasteiger partial charge in [0, 0.05) is 17.2 Å². The summed E-state index contributed by atoms with van der Waals surface area (Å²) in [6, 6.07) is 0. The SMILES string of the molecule is O=C(O)C1=CC=C2N=C(C(F)(F)F)C=C(N3CC(F)(F)C3)C2C1. The summed E-state index contributed by atoms with van der Waals surface area (Å²) in [5.41, 5.74) is -1.09. The van der Waals surface area contributed by atoms with Crippen molar-refractivity contribution < 1.29 is 31.9 Å². The monoisotopic (exact) mass is 334 g/mol. The van der Waals surface area contributed by atoms with Crippen molar-refractivity contribution in [2.24, 2.45) is 10.9 Å². The van der Waals surface area contributed by atoms with Crippen LogP contribution in [-0.4, -0.2) is 46.9 Å². The molecule has 3 rings (SSSR count). The normalized spacial score (nSPS) is 26.3. The molecule has 0 bridgehead atoms. The zero-order valence-electron chi connectivity index (χ0n) is 11.6. The van der Waals surface area contributed by atoms with Crippen LogP contribution in [0, 0.1) is 5.92 Å². The van der Waals surface area contributed by atoms with E-state index in [9.17, 15) is 26.7 Å². The van der Waals surface area contributed by atoms with Crippen LogP contribution in [0.3, 0.4) is 0 Å². The van der Waals surface area contributed by atoms with Gasteiger partial charge in [-0.3, -0.25) is 0 Å². The Balaban J connectivity index is 1.98. The summed E-state index contributed by atoms with van der Waals surface area (Å²) in [7, 11) is 0. The van der Waals surface area contributed by atoms with E-state index in [2.05, 4.69) is 4.99 Å². The van der Waals surface area contributed by atoms with E-state index in [1.165, 1.54) is 12.2 Å². The fourth-order valence-corrected chi connectivity index (χ4v) is 2.79. The van der Waals surface area contributed by atoms with Crippen LogP contribution in [0.15, 0.2) is 40.2 Å². The average Bonchev–Trinajstić information content (AvgIpc) is 2.41. The van der Waals surface area contributed by atoms with Gasteiger partial charge in [0.05, 0.1) is 18.8 Å². The molecule has 9 heteroatoms. The van der Waals surface area contributed by atoms with E-state index >= 15 is 0 Å². The van der Waals surface area contributed by atoms with Crippen molar-refractivity contribution in [3.63, 3.8) is 0 Å². The lowest BCUT2D eigenvalue weighted by atomic mass is 9.84.